The maximum absolute atomic E-state index is 9.20. The van der Waals surface area contributed by atoms with E-state index in [2.05, 4.69) is 30.8 Å². The van der Waals surface area contributed by atoms with E-state index in [-0.39, 0.29) is 6.61 Å². The van der Waals surface area contributed by atoms with Gasteiger partial charge < -0.3 is 14.7 Å². The summed E-state index contributed by atoms with van der Waals surface area (Å²) < 4.78 is 5.91. The van der Waals surface area contributed by atoms with Gasteiger partial charge in [0.05, 0.1) is 17.8 Å². The van der Waals surface area contributed by atoms with Crippen LogP contribution in [0.1, 0.15) is 12.8 Å². The Morgan fingerprint density at radius 1 is 1.65 bits per heavy atom. The molecule has 2 heterocycles. The van der Waals surface area contributed by atoms with Gasteiger partial charge in [0.15, 0.2) is 0 Å². The zero-order valence-corrected chi connectivity index (χ0v) is 11.4. The Labute approximate surface area is 109 Å². The summed E-state index contributed by atoms with van der Waals surface area (Å²) in [7, 11) is 1.59. The van der Waals surface area contributed by atoms with E-state index in [9.17, 15) is 5.11 Å². The maximum Gasteiger partial charge on any atom is 0.232 e. The molecule has 0 saturated carbocycles. The number of aromatic nitrogens is 2. The molecule has 6 heteroatoms. The normalized spacial score (nSPS) is 20.4. The second-order valence-electron chi connectivity index (χ2n) is 4.16. The molecule has 5 nitrogen and oxygen atoms in total. The average Bonchev–Trinajstić information content (AvgIpc) is 2.39. The smallest absolute Gasteiger partial charge is 0.232 e. The zero-order valence-electron chi connectivity index (χ0n) is 9.77. The molecule has 1 saturated heterocycles. The van der Waals surface area contributed by atoms with Gasteiger partial charge in [0.25, 0.3) is 0 Å². The van der Waals surface area contributed by atoms with E-state index in [0.29, 0.717) is 17.7 Å². The Morgan fingerprint density at radius 3 is 3.18 bits per heavy atom. The molecule has 1 N–H and O–H groups in total. The van der Waals surface area contributed by atoms with Crippen LogP contribution in [0.25, 0.3) is 0 Å². The number of hydrogen-bond donors (Lipinski definition) is 1. The molecule has 0 bridgehead atoms. The predicted octanol–water partition coefficient (Wildman–Crippen LogP) is 1.46. The first-order valence-electron chi connectivity index (χ1n) is 5.67. The van der Waals surface area contributed by atoms with Crippen molar-refractivity contribution < 1.29 is 9.84 Å². The van der Waals surface area contributed by atoms with Crippen molar-refractivity contribution in [2.45, 2.75) is 12.8 Å². The highest BCUT2D eigenvalue weighted by molar-refractivity contribution is 9.10. The number of halogens is 1. The van der Waals surface area contributed by atoms with Crippen molar-refractivity contribution in [3.05, 3.63) is 10.7 Å². The lowest BCUT2D eigenvalue weighted by molar-refractivity contribution is 0.208. The molecule has 0 amide bonds. The lowest BCUT2D eigenvalue weighted by Gasteiger charge is -2.31. The summed E-state index contributed by atoms with van der Waals surface area (Å²) in [5, 5.41) is 9.20. The molecule has 0 radical (unpaired) electrons. The molecule has 2 rings (SSSR count). The number of methoxy groups -OCH3 is 1. The van der Waals surface area contributed by atoms with Gasteiger partial charge in [0, 0.05) is 19.7 Å². The summed E-state index contributed by atoms with van der Waals surface area (Å²) >= 11 is 3.33. The van der Waals surface area contributed by atoms with E-state index in [1.807, 2.05) is 0 Å². The van der Waals surface area contributed by atoms with Gasteiger partial charge in [-0.05, 0) is 34.7 Å². The minimum Gasteiger partial charge on any atom is -0.480 e. The Bertz CT molecular complexity index is 389. The fourth-order valence-electron chi connectivity index (χ4n) is 2.03. The van der Waals surface area contributed by atoms with Crippen molar-refractivity contribution in [3.63, 3.8) is 0 Å². The molecule has 1 unspecified atom stereocenters. The molecule has 1 aromatic rings. The Balaban J connectivity index is 2.16. The molecule has 94 valence electrons. The van der Waals surface area contributed by atoms with Crippen LogP contribution in [0.4, 0.5) is 5.95 Å². The standard InChI is InChI=1S/C11H16BrN3O2/c1-17-10-9(12)5-13-11(14-10)15-4-2-3-8(6-15)7-16/h5,8,16H,2-4,6-7H2,1H3. The first-order chi connectivity index (χ1) is 8.24. The van der Waals surface area contributed by atoms with Crippen LogP contribution < -0.4 is 9.64 Å². The summed E-state index contributed by atoms with van der Waals surface area (Å²) in [5.41, 5.74) is 0. The molecule has 1 aromatic heterocycles. The quantitative estimate of drug-likeness (QED) is 0.916. The molecule has 0 spiro atoms. The maximum atomic E-state index is 9.20. The number of aliphatic hydroxyl groups is 1. The number of ether oxygens (including phenoxy) is 1. The van der Waals surface area contributed by atoms with Gasteiger partial charge in [-0.25, -0.2) is 4.98 Å². The van der Waals surface area contributed by atoms with Crippen LogP contribution in [0.2, 0.25) is 0 Å². The average molecular weight is 302 g/mol. The second kappa shape index (κ2) is 5.64. The van der Waals surface area contributed by atoms with Crippen molar-refractivity contribution in [3.8, 4) is 5.88 Å². The van der Waals surface area contributed by atoms with E-state index in [0.717, 1.165) is 30.4 Å². The zero-order chi connectivity index (χ0) is 12.3. The fraction of sp³-hybridized carbons (Fsp3) is 0.636. The summed E-state index contributed by atoms with van der Waals surface area (Å²) in [6.07, 6.45) is 3.83. The number of piperidine rings is 1. The van der Waals surface area contributed by atoms with E-state index < -0.39 is 0 Å². The largest absolute Gasteiger partial charge is 0.480 e. The summed E-state index contributed by atoms with van der Waals surface area (Å²) in [6.45, 7) is 1.97. The minimum atomic E-state index is 0.226. The van der Waals surface area contributed by atoms with E-state index in [4.69, 9.17) is 4.74 Å². The fourth-order valence-corrected chi connectivity index (χ4v) is 2.39. The van der Waals surface area contributed by atoms with Gasteiger partial charge in [-0.1, -0.05) is 0 Å². The molecule has 17 heavy (non-hydrogen) atoms. The number of anilines is 1. The van der Waals surface area contributed by atoms with E-state index in [1.165, 1.54) is 0 Å². The molecule has 1 aliphatic heterocycles. The summed E-state index contributed by atoms with van der Waals surface area (Å²) in [6, 6.07) is 0. The van der Waals surface area contributed by atoms with Gasteiger partial charge in [0.2, 0.25) is 11.8 Å². The number of hydrogen-bond acceptors (Lipinski definition) is 5. The highest BCUT2D eigenvalue weighted by Gasteiger charge is 2.21. The van der Waals surface area contributed by atoms with Crippen molar-refractivity contribution >= 4 is 21.9 Å². The molecule has 1 aliphatic rings. The summed E-state index contributed by atoms with van der Waals surface area (Å²) in [5.74, 6) is 1.53. The molecule has 1 atom stereocenters. The van der Waals surface area contributed by atoms with Crippen LogP contribution in [0.15, 0.2) is 10.7 Å². The molecular weight excluding hydrogens is 286 g/mol. The van der Waals surface area contributed by atoms with E-state index >= 15 is 0 Å². The van der Waals surface area contributed by atoms with Gasteiger partial charge in [-0.15, -0.1) is 0 Å². The van der Waals surface area contributed by atoms with Crippen LogP contribution in [-0.4, -0.2) is 41.9 Å². The lowest BCUT2D eigenvalue weighted by atomic mass is 9.99. The lowest BCUT2D eigenvalue weighted by Crippen LogP contribution is -2.37. The van der Waals surface area contributed by atoms with Crippen molar-refractivity contribution in [2.75, 3.05) is 31.7 Å². The van der Waals surface area contributed by atoms with Gasteiger partial charge >= 0.3 is 0 Å². The van der Waals surface area contributed by atoms with Gasteiger partial charge in [0.1, 0.15) is 0 Å². The topological polar surface area (TPSA) is 58.5 Å². The molecular formula is C11H16BrN3O2. The van der Waals surface area contributed by atoms with E-state index in [1.54, 1.807) is 13.3 Å². The number of rotatable bonds is 3. The third-order valence-corrected chi connectivity index (χ3v) is 3.50. The van der Waals surface area contributed by atoms with Gasteiger partial charge in [-0.3, -0.25) is 0 Å². The Hall–Kier alpha value is -0.880. The first-order valence-corrected chi connectivity index (χ1v) is 6.46. The minimum absolute atomic E-state index is 0.226. The first kappa shape index (κ1) is 12.6. The summed E-state index contributed by atoms with van der Waals surface area (Å²) in [4.78, 5) is 10.7. The highest BCUT2D eigenvalue weighted by Crippen LogP contribution is 2.25. The van der Waals surface area contributed by atoms with Crippen molar-refractivity contribution in [1.29, 1.82) is 0 Å². The van der Waals surface area contributed by atoms with Gasteiger partial charge in [-0.2, -0.15) is 4.98 Å². The Kier molecular flexibility index (Phi) is 4.17. The van der Waals surface area contributed by atoms with Crippen LogP contribution in [0.3, 0.4) is 0 Å². The third-order valence-electron chi connectivity index (χ3n) is 2.95. The second-order valence-corrected chi connectivity index (χ2v) is 5.02. The van der Waals surface area contributed by atoms with Crippen LogP contribution >= 0.6 is 15.9 Å². The number of aliphatic hydroxyl groups excluding tert-OH is 1. The van der Waals surface area contributed by atoms with Crippen LogP contribution in [0.5, 0.6) is 5.88 Å². The number of nitrogens with zero attached hydrogens (tertiary/aromatic N) is 3. The highest BCUT2D eigenvalue weighted by atomic mass is 79.9. The Morgan fingerprint density at radius 2 is 2.47 bits per heavy atom. The molecule has 0 aliphatic carbocycles. The molecule has 1 fully saturated rings. The van der Waals surface area contributed by atoms with Crippen LogP contribution in [-0.2, 0) is 0 Å². The molecule has 0 aromatic carbocycles. The monoisotopic (exact) mass is 301 g/mol. The predicted molar refractivity (Wildman–Crippen MR) is 68.3 cm³/mol. The van der Waals surface area contributed by atoms with Crippen molar-refractivity contribution in [1.82, 2.24) is 9.97 Å². The van der Waals surface area contributed by atoms with Crippen LogP contribution in [0, 0.1) is 5.92 Å². The SMILES string of the molecule is COc1nc(N2CCCC(CO)C2)ncc1Br. The third kappa shape index (κ3) is 2.87. The van der Waals surface area contributed by atoms with Crippen molar-refractivity contribution in [2.24, 2.45) is 5.92 Å².